The molecule has 4 rings (SSSR count). The van der Waals surface area contributed by atoms with E-state index in [0.717, 1.165) is 23.7 Å². The standard InChI is InChI=1S/C25H25ClF3N5O3/c1-2-33-14-17(13-31-33)15-6-5-7-16(12-15)21(19-8-3-4-11-34(19)24(36)37)32-23(35)22-20(26)18(9-10-30-22)25(27,28)29/h5-7,9-10,12-14,19,21H,2-4,8,11H2,1H3,(H,32,35)(H,36,37)/t19-,21-/m0/s1. The van der Waals surface area contributed by atoms with Gasteiger partial charge in [0.2, 0.25) is 0 Å². The lowest BCUT2D eigenvalue weighted by Crippen LogP contribution is -2.50. The third-order valence-corrected chi connectivity index (χ3v) is 6.79. The number of alkyl halides is 3. The minimum absolute atomic E-state index is 0.276. The van der Waals surface area contributed by atoms with Crippen molar-refractivity contribution in [3.8, 4) is 11.1 Å². The highest BCUT2D eigenvalue weighted by atomic mass is 35.5. The summed E-state index contributed by atoms with van der Waals surface area (Å²) in [6.07, 6.45) is 0.380. The van der Waals surface area contributed by atoms with Crippen LogP contribution >= 0.6 is 11.6 Å². The first kappa shape index (κ1) is 26.5. The molecule has 1 aliphatic rings. The highest BCUT2D eigenvalue weighted by Gasteiger charge is 2.38. The predicted octanol–water partition coefficient (Wildman–Crippen LogP) is 5.64. The number of nitrogens with zero attached hydrogens (tertiary/aromatic N) is 4. The van der Waals surface area contributed by atoms with Crippen LogP contribution in [-0.2, 0) is 12.7 Å². The fourth-order valence-electron chi connectivity index (χ4n) is 4.57. The number of rotatable bonds is 6. The molecule has 2 atom stereocenters. The third-order valence-electron chi connectivity index (χ3n) is 6.41. The molecule has 37 heavy (non-hydrogen) atoms. The van der Waals surface area contributed by atoms with E-state index in [1.807, 2.05) is 25.3 Å². The molecule has 0 aliphatic carbocycles. The molecule has 1 aromatic carbocycles. The van der Waals surface area contributed by atoms with Crippen molar-refractivity contribution < 1.29 is 27.9 Å². The second kappa shape index (κ2) is 10.8. The maximum absolute atomic E-state index is 13.4. The molecule has 0 unspecified atom stereocenters. The van der Waals surface area contributed by atoms with Crippen LogP contribution in [0.5, 0.6) is 0 Å². The van der Waals surface area contributed by atoms with Crippen LogP contribution in [0.25, 0.3) is 11.1 Å². The van der Waals surface area contributed by atoms with Gasteiger partial charge in [0.15, 0.2) is 0 Å². The van der Waals surface area contributed by atoms with Crippen LogP contribution in [0.4, 0.5) is 18.0 Å². The fourth-order valence-corrected chi connectivity index (χ4v) is 4.88. The maximum Gasteiger partial charge on any atom is 0.417 e. The van der Waals surface area contributed by atoms with Gasteiger partial charge in [-0.1, -0.05) is 29.8 Å². The molecule has 196 valence electrons. The minimum atomic E-state index is -4.77. The van der Waals surface area contributed by atoms with Gasteiger partial charge >= 0.3 is 12.3 Å². The summed E-state index contributed by atoms with van der Waals surface area (Å²) in [5.41, 5.74) is 0.459. The number of benzene rings is 1. The lowest BCUT2D eigenvalue weighted by molar-refractivity contribution is -0.137. The molecule has 0 saturated carbocycles. The first-order valence-electron chi connectivity index (χ1n) is 11.7. The van der Waals surface area contributed by atoms with Crippen molar-refractivity contribution in [3.05, 3.63) is 70.8 Å². The summed E-state index contributed by atoms with van der Waals surface area (Å²) < 4.78 is 41.8. The number of carbonyl (C=O) groups excluding carboxylic acids is 1. The molecule has 12 heteroatoms. The molecular formula is C25H25ClF3N5O3. The topological polar surface area (TPSA) is 100 Å². The number of carboxylic acid groups (broad SMARTS) is 1. The highest BCUT2D eigenvalue weighted by Crippen LogP contribution is 2.36. The Morgan fingerprint density at radius 2 is 2.03 bits per heavy atom. The van der Waals surface area contributed by atoms with Crippen molar-refractivity contribution in [1.82, 2.24) is 25.0 Å². The van der Waals surface area contributed by atoms with Crippen LogP contribution in [0.2, 0.25) is 5.02 Å². The number of nitrogens with one attached hydrogen (secondary N) is 1. The Labute approximate surface area is 216 Å². The van der Waals surface area contributed by atoms with E-state index >= 15 is 0 Å². The number of aromatic nitrogens is 3. The Bertz CT molecular complexity index is 1300. The molecule has 1 fully saturated rings. The number of halogens is 4. The first-order valence-corrected chi connectivity index (χ1v) is 12.1. The smallest absolute Gasteiger partial charge is 0.417 e. The monoisotopic (exact) mass is 535 g/mol. The van der Waals surface area contributed by atoms with E-state index in [0.29, 0.717) is 31.0 Å². The van der Waals surface area contributed by atoms with Gasteiger partial charge in [0.05, 0.1) is 28.9 Å². The van der Waals surface area contributed by atoms with Gasteiger partial charge in [-0.3, -0.25) is 9.48 Å². The van der Waals surface area contributed by atoms with Crippen LogP contribution in [0.3, 0.4) is 0 Å². The molecule has 8 nitrogen and oxygen atoms in total. The molecule has 0 spiro atoms. The molecule has 3 heterocycles. The number of amides is 2. The summed E-state index contributed by atoms with van der Waals surface area (Å²) in [5, 5.41) is 16.0. The van der Waals surface area contributed by atoms with Crippen molar-refractivity contribution >= 4 is 23.6 Å². The van der Waals surface area contributed by atoms with E-state index in [9.17, 15) is 27.9 Å². The zero-order valence-corrected chi connectivity index (χ0v) is 20.6. The van der Waals surface area contributed by atoms with Gasteiger partial charge in [-0.05, 0) is 49.4 Å². The molecular weight excluding hydrogens is 511 g/mol. The zero-order valence-electron chi connectivity index (χ0n) is 19.9. The van der Waals surface area contributed by atoms with Crippen LogP contribution in [0.1, 0.15) is 53.8 Å². The predicted molar refractivity (Wildman–Crippen MR) is 130 cm³/mol. The normalized spacial score (nSPS) is 16.9. The van der Waals surface area contributed by atoms with Crippen LogP contribution in [0.15, 0.2) is 48.9 Å². The van der Waals surface area contributed by atoms with E-state index < -0.39 is 46.5 Å². The molecule has 2 aromatic heterocycles. The summed E-state index contributed by atoms with van der Waals surface area (Å²) in [4.78, 5) is 30.3. The molecule has 1 aliphatic heterocycles. The van der Waals surface area contributed by atoms with Crippen molar-refractivity contribution in [1.29, 1.82) is 0 Å². The van der Waals surface area contributed by atoms with Crippen molar-refractivity contribution in [2.45, 2.75) is 51.0 Å². The van der Waals surface area contributed by atoms with Crippen LogP contribution < -0.4 is 5.32 Å². The van der Waals surface area contributed by atoms with Gasteiger partial charge in [-0.15, -0.1) is 0 Å². The van der Waals surface area contributed by atoms with Crippen LogP contribution in [0, 0.1) is 0 Å². The highest BCUT2D eigenvalue weighted by molar-refractivity contribution is 6.34. The Morgan fingerprint density at radius 1 is 1.24 bits per heavy atom. The Morgan fingerprint density at radius 3 is 2.70 bits per heavy atom. The zero-order chi connectivity index (χ0) is 26.7. The third kappa shape index (κ3) is 5.71. The average Bonchev–Trinajstić information content (AvgIpc) is 3.36. The van der Waals surface area contributed by atoms with Crippen molar-refractivity contribution in [3.63, 3.8) is 0 Å². The maximum atomic E-state index is 13.4. The van der Waals surface area contributed by atoms with Crippen LogP contribution in [-0.4, -0.2) is 49.4 Å². The minimum Gasteiger partial charge on any atom is -0.465 e. The van der Waals surface area contributed by atoms with E-state index in [-0.39, 0.29) is 6.54 Å². The van der Waals surface area contributed by atoms with Gasteiger partial charge in [-0.25, -0.2) is 9.78 Å². The summed E-state index contributed by atoms with van der Waals surface area (Å²) >= 11 is 5.95. The lowest BCUT2D eigenvalue weighted by Gasteiger charge is -2.39. The van der Waals surface area contributed by atoms with Gasteiger partial charge < -0.3 is 15.3 Å². The number of pyridine rings is 1. The summed E-state index contributed by atoms with van der Waals surface area (Å²) in [7, 11) is 0. The van der Waals surface area contributed by atoms with E-state index in [4.69, 9.17) is 11.6 Å². The number of piperidine rings is 1. The van der Waals surface area contributed by atoms with Crippen molar-refractivity contribution in [2.75, 3.05) is 6.54 Å². The van der Waals surface area contributed by atoms with Gasteiger partial charge in [0, 0.05) is 31.0 Å². The van der Waals surface area contributed by atoms with E-state index in [1.54, 1.807) is 23.0 Å². The summed E-state index contributed by atoms with van der Waals surface area (Å²) in [6.45, 7) is 2.91. The molecule has 0 radical (unpaired) electrons. The molecule has 0 bridgehead atoms. The summed E-state index contributed by atoms with van der Waals surface area (Å²) in [5.74, 6) is -0.929. The number of hydrogen-bond donors (Lipinski definition) is 2. The number of likely N-dealkylation sites (tertiary alicyclic amines) is 1. The van der Waals surface area contributed by atoms with Crippen molar-refractivity contribution in [2.24, 2.45) is 0 Å². The Hall–Kier alpha value is -3.60. The largest absolute Gasteiger partial charge is 0.465 e. The second-order valence-corrected chi connectivity index (χ2v) is 9.10. The molecule has 1 saturated heterocycles. The number of carbonyl (C=O) groups is 2. The fraction of sp³-hybridized carbons (Fsp3) is 0.360. The van der Waals surface area contributed by atoms with E-state index in [1.165, 1.54) is 4.90 Å². The SMILES string of the molecule is CCn1cc(-c2cccc([C@H](NC(=O)c3nccc(C(F)(F)F)c3Cl)[C@@H]3CCCCN3C(=O)O)c2)cn1. The molecule has 2 N–H and O–H groups in total. The quantitative estimate of drug-likeness (QED) is 0.425. The Kier molecular flexibility index (Phi) is 7.72. The second-order valence-electron chi connectivity index (χ2n) is 8.72. The molecule has 3 aromatic rings. The first-order chi connectivity index (χ1) is 17.6. The van der Waals surface area contributed by atoms with E-state index in [2.05, 4.69) is 15.4 Å². The van der Waals surface area contributed by atoms with Gasteiger partial charge in [-0.2, -0.15) is 18.3 Å². The lowest BCUT2D eigenvalue weighted by atomic mass is 9.89. The molecule has 2 amide bonds. The van der Waals surface area contributed by atoms with Gasteiger partial charge in [0.25, 0.3) is 5.91 Å². The number of aryl methyl sites for hydroxylation is 1. The average molecular weight is 536 g/mol. The number of hydrogen-bond acceptors (Lipinski definition) is 4. The van der Waals surface area contributed by atoms with Gasteiger partial charge in [0.1, 0.15) is 5.69 Å². The summed E-state index contributed by atoms with van der Waals surface area (Å²) in [6, 6.07) is 6.39. The Balaban J connectivity index is 1.74.